The van der Waals surface area contributed by atoms with Crippen LogP contribution < -0.4 is 11.1 Å². The number of amides is 1. The van der Waals surface area contributed by atoms with Crippen molar-refractivity contribution >= 4 is 23.3 Å². The maximum atomic E-state index is 12.1. The predicted molar refractivity (Wildman–Crippen MR) is 76.9 cm³/mol. The van der Waals surface area contributed by atoms with Gasteiger partial charge in [0, 0.05) is 11.3 Å². The van der Waals surface area contributed by atoms with Crippen molar-refractivity contribution in [3.8, 4) is 0 Å². The average molecular weight is 270 g/mol. The lowest BCUT2D eigenvalue weighted by molar-refractivity contribution is 0.0698. The number of carbonyl (C=O) groups excluding carboxylic acids is 1. The Balaban J connectivity index is 2.28. The maximum Gasteiger partial charge on any atom is 0.337 e. The molecule has 2 aromatic rings. The molecular formula is C15H14N2O3. The highest BCUT2D eigenvalue weighted by Gasteiger charge is 2.13. The number of nitrogens with one attached hydrogen (secondary N) is 1. The second-order valence-electron chi connectivity index (χ2n) is 4.38. The molecule has 2 aromatic carbocycles. The largest absolute Gasteiger partial charge is 0.478 e. The molecule has 0 aromatic heterocycles. The summed E-state index contributed by atoms with van der Waals surface area (Å²) in [6.07, 6.45) is 0. The van der Waals surface area contributed by atoms with E-state index in [0.717, 1.165) is 5.56 Å². The summed E-state index contributed by atoms with van der Waals surface area (Å²) < 4.78 is 0. The van der Waals surface area contributed by atoms with Crippen LogP contribution in [0.4, 0.5) is 11.4 Å². The lowest BCUT2D eigenvalue weighted by Gasteiger charge is -2.09. The van der Waals surface area contributed by atoms with Gasteiger partial charge >= 0.3 is 5.97 Å². The minimum atomic E-state index is -1.09. The smallest absolute Gasteiger partial charge is 0.337 e. The number of nitrogens with two attached hydrogens (primary N) is 1. The first-order chi connectivity index (χ1) is 9.49. The van der Waals surface area contributed by atoms with Crippen molar-refractivity contribution in [2.45, 2.75) is 6.92 Å². The molecule has 0 saturated heterocycles. The summed E-state index contributed by atoms with van der Waals surface area (Å²) in [7, 11) is 0. The molecule has 102 valence electrons. The molecule has 0 aliphatic carbocycles. The van der Waals surface area contributed by atoms with Gasteiger partial charge in [0.15, 0.2) is 0 Å². The second kappa shape index (κ2) is 5.44. The van der Waals surface area contributed by atoms with E-state index in [2.05, 4.69) is 5.32 Å². The summed E-state index contributed by atoms with van der Waals surface area (Å²) in [5.41, 5.74) is 7.83. The zero-order valence-electron chi connectivity index (χ0n) is 10.9. The summed E-state index contributed by atoms with van der Waals surface area (Å²) in [6, 6.07) is 11.2. The third-order valence-electron chi connectivity index (χ3n) is 2.95. The van der Waals surface area contributed by atoms with Crippen molar-refractivity contribution in [1.82, 2.24) is 0 Å². The molecule has 2 rings (SSSR count). The van der Waals surface area contributed by atoms with Gasteiger partial charge in [-0.1, -0.05) is 18.2 Å². The van der Waals surface area contributed by atoms with E-state index < -0.39 is 11.9 Å². The first-order valence-corrected chi connectivity index (χ1v) is 5.99. The fourth-order valence-electron chi connectivity index (χ4n) is 1.75. The van der Waals surface area contributed by atoms with Gasteiger partial charge in [-0.05, 0) is 36.8 Å². The van der Waals surface area contributed by atoms with Crippen LogP contribution in [-0.4, -0.2) is 17.0 Å². The van der Waals surface area contributed by atoms with Gasteiger partial charge in [-0.2, -0.15) is 0 Å². The number of rotatable bonds is 3. The molecule has 0 unspecified atom stereocenters. The molecule has 5 nitrogen and oxygen atoms in total. The maximum absolute atomic E-state index is 12.1. The van der Waals surface area contributed by atoms with Crippen molar-refractivity contribution in [3.63, 3.8) is 0 Å². The highest BCUT2D eigenvalue weighted by molar-refractivity contribution is 6.08. The normalized spacial score (nSPS) is 10.1. The van der Waals surface area contributed by atoms with Crippen LogP contribution in [0.5, 0.6) is 0 Å². The van der Waals surface area contributed by atoms with Crippen molar-refractivity contribution in [1.29, 1.82) is 0 Å². The van der Waals surface area contributed by atoms with Crippen LogP contribution in [0, 0.1) is 6.92 Å². The summed E-state index contributed by atoms with van der Waals surface area (Å²) in [5, 5.41) is 11.6. The Morgan fingerprint density at radius 3 is 2.50 bits per heavy atom. The molecule has 0 radical (unpaired) electrons. The number of carboxylic acids is 1. The molecule has 4 N–H and O–H groups in total. The van der Waals surface area contributed by atoms with Crippen LogP contribution in [0.2, 0.25) is 0 Å². The highest BCUT2D eigenvalue weighted by Crippen LogP contribution is 2.18. The number of hydrogen-bond acceptors (Lipinski definition) is 3. The molecule has 0 aliphatic rings. The number of aryl methyl sites for hydroxylation is 1. The molecule has 0 spiro atoms. The number of carbonyl (C=O) groups is 2. The zero-order chi connectivity index (χ0) is 14.7. The summed E-state index contributed by atoms with van der Waals surface area (Å²) in [6.45, 7) is 1.84. The van der Waals surface area contributed by atoms with Gasteiger partial charge < -0.3 is 16.2 Å². The van der Waals surface area contributed by atoms with Crippen LogP contribution in [-0.2, 0) is 0 Å². The van der Waals surface area contributed by atoms with Gasteiger partial charge in [0.05, 0.1) is 11.3 Å². The third-order valence-corrected chi connectivity index (χ3v) is 2.95. The second-order valence-corrected chi connectivity index (χ2v) is 4.38. The minimum Gasteiger partial charge on any atom is -0.478 e. The van der Waals surface area contributed by atoms with Crippen molar-refractivity contribution in [2.75, 3.05) is 11.1 Å². The van der Waals surface area contributed by atoms with E-state index in [1.165, 1.54) is 6.07 Å². The lowest BCUT2D eigenvalue weighted by Crippen LogP contribution is -2.15. The van der Waals surface area contributed by atoms with E-state index in [9.17, 15) is 9.59 Å². The first kappa shape index (κ1) is 13.6. The Hall–Kier alpha value is -2.82. The molecular weight excluding hydrogens is 256 g/mol. The average Bonchev–Trinajstić information content (AvgIpc) is 2.42. The molecule has 1 amide bonds. The monoisotopic (exact) mass is 270 g/mol. The van der Waals surface area contributed by atoms with Gasteiger partial charge in [-0.15, -0.1) is 0 Å². The molecule has 0 atom stereocenters. The summed E-state index contributed by atoms with van der Waals surface area (Å²) in [5.74, 6) is -1.49. The topological polar surface area (TPSA) is 92.4 Å². The van der Waals surface area contributed by atoms with Crippen LogP contribution in [0.15, 0.2) is 42.5 Å². The summed E-state index contributed by atoms with van der Waals surface area (Å²) in [4.78, 5) is 23.2. The van der Waals surface area contributed by atoms with Crippen molar-refractivity contribution < 1.29 is 14.7 Å². The fraction of sp³-hybridized carbons (Fsp3) is 0.0667. The Kier molecular flexibility index (Phi) is 3.70. The predicted octanol–water partition coefficient (Wildman–Crippen LogP) is 2.53. The molecule has 0 aliphatic heterocycles. The molecule has 0 fully saturated rings. The third kappa shape index (κ3) is 2.77. The standard InChI is InChI=1S/C15H14N2O3/c1-9-6-7-10(8-12(9)16)14(18)17-13-5-3-2-4-11(13)15(19)20/h2-8H,16H2,1H3,(H,17,18)(H,19,20). The van der Waals surface area contributed by atoms with Crippen molar-refractivity contribution in [3.05, 3.63) is 59.2 Å². The zero-order valence-corrected chi connectivity index (χ0v) is 10.9. The molecule has 0 heterocycles. The summed E-state index contributed by atoms with van der Waals surface area (Å²) >= 11 is 0. The fourth-order valence-corrected chi connectivity index (χ4v) is 1.75. The Bertz CT molecular complexity index is 681. The Morgan fingerprint density at radius 1 is 1.15 bits per heavy atom. The quantitative estimate of drug-likeness (QED) is 0.747. The van der Waals surface area contributed by atoms with Gasteiger partial charge in [-0.25, -0.2) is 4.79 Å². The van der Waals surface area contributed by atoms with Crippen molar-refractivity contribution in [2.24, 2.45) is 0 Å². The number of hydrogen-bond donors (Lipinski definition) is 3. The molecule has 20 heavy (non-hydrogen) atoms. The van der Waals surface area contributed by atoms with E-state index in [0.29, 0.717) is 11.3 Å². The van der Waals surface area contributed by atoms with Gasteiger partial charge in [0.2, 0.25) is 0 Å². The van der Waals surface area contributed by atoms with Crippen LogP contribution >= 0.6 is 0 Å². The lowest BCUT2D eigenvalue weighted by atomic mass is 10.1. The number of anilines is 2. The highest BCUT2D eigenvalue weighted by atomic mass is 16.4. The van der Waals surface area contributed by atoms with E-state index in [1.54, 1.807) is 36.4 Å². The van der Waals surface area contributed by atoms with E-state index >= 15 is 0 Å². The van der Waals surface area contributed by atoms with E-state index in [1.807, 2.05) is 6.92 Å². The molecule has 0 saturated carbocycles. The van der Waals surface area contributed by atoms with Gasteiger partial charge in [0.25, 0.3) is 5.91 Å². The SMILES string of the molecule is Cc1ccc(C(=O)Nc2ccccc2C(=O)O)cc1N. The van der Waals surface area contributed by atoms with Gasteiger partial charge in [0.1, 0.15) is 0 Å². The van der Waals surface area contributed by atoms with Gasteiger partial charge in [-0.3, -0.25) is 4.79 Å². The molecule has 5 heteroatoms. The van der Waals surface area contributed by atoms with E-state index in [-0.39, 0.29) is 11.3 Å². The first-order valence-electron chi connectivity index (χ1n) is 5.99. The number of nitrogen functional groups attached to an aromatic ring is 1. The van der Waals surface area contributed by atoms with E-state index in [4.69, 9.17) is 10.8 Å². The Morgan fingerprint density at radius 2 is 1.85 bits per heavy atom. The van der Waals surface area contributed by atoms with Crippen LogP contribution in [0.3, 0.4) is 0 Å². The number of aromatic carboxylic acids is 1. The Labute approximate surface area is 116 Å². The number of carboxylic acid groups (broad SMARTS) is 1. The molecule has 0 bridgehead atoms. The number of para-hydroxylation sites is 1. The number of benzene rings is 2. The van der Waals surface area contributed by atoms with Crippen LogP contribution in [0.25, 0.3) is 0 Å². The minimum absolute atomic E-state index is 0.0425. The van der Waals surface area contributed by atoms with Crippen LogP contribution in [0.1, 0.15) is 26.3 Å².